The Balaban J connectivity index is 2.27. The third-order valence-electron chi connectivity index (χ3n) is 5.95. The van der Waals surface area contributed by atoms with Crippen LogP contribution in [0.25, 0.3) is 0 Å². The van der Waals surface area contributed by atoms with E-state index >= 15 is 4.39 Å². The molecule has 0 saturated carbocycles. The van der Waals surface area contributed by atoms with Crippen molar-refractivity contribution in [2.45, 2.75) is 55.7 Å². The maximum Gasteiger partial charge on any atom is 0.460 e. The minimum Gasteiger partial charge on any atom is -0.378 e. The predicted octanol–water partition coefficient (Wildman–Crippen LogP) is 4.65. The summed E-state index contributed by atoms with van der Waals surface area (Å²) in [4.78, 5) is -0.0600. The van der Waals surface area contributed by atoms with E-state index in [0.717, 1.165) is 0 Å². The van der Waals surface area contributed by atoms with Gasteiger partial charge >= 0.3 is 18.7 Å². The lowest BCUT2D eigenvalue weighted by molar-refractivity contribution is -0.314. The molecule has 5 atom stereocenters. The topological polar surface area (TPSA) is 24.9 Å². The van der Waals surface area contributed by atoms with E-state index in [9.17, 15) is 57.1 Å². The van der Waals surface area contributed by atoms with E-state index in [1.165, 1.54) is 0 Å². The second kappa shape index (κ2) is 9.63. The van der Waals surface area contributed by atoms with Gasteiger partial charge in [0.25, 0.3) is 17.8 Å². The predicted molar refractivity (Wildman–Crippen MR) is 88.6 cm³/mol. The van der Waals surface area contributed by atoms with Crippen molar-refractivity contribution in [3.05, 3.63) is 0 Å². The van der Waals surface area contributed by atoms with Gasteiger partial charge in [0.2, 0.25) is 0 Å². The standard InChI is InChI=1S/C17H20F14N2O2/c1-12(14(21,22)10(18)15(23,24)25)7-34-6-9(35-8-12)13(20,16(26,27)28)11(19)32-2-4-33(5-3-32)17(29,30)31/h9-11H,2-8H2,1H3. The maximum absolute atomic E-state index is 15.3. The molecule has 2 aliphatic rings. The van der Waals surface area contributed by atoms with Gasteiger partial charge in [-0.3, -0.25) is 4.90 Å². The fraction of sp³-hybridized carbons (Fsp3) is 1.00. The lowest BCUT2D eigenvalue weighted by atomic mass is 9.82. The number of alkyl halides is 14. The highest BCUT2D eigenvalue weighted by atomic mass is 19.4. The largest absolute Gasteiger partial charge is 0.460 e. The Hall–Kier alpha value is -1.14. The molecule has 0 amide bonds. The van der Waals surface area contributed by atoms with Gasteiger partial charge in [0.05, 0.1) is 25.2 Å². The van der Waals surface area contributed by atoms with Crippen LogP contribution in [0.1, 0.15) is 6.92 Å². The number of piperazine rings is 1. The molecule has 0 N–H and O–H groups in total. The van der Waals surface area contributed by atoms with Gasteiger partial charge in [0.1, 0.15) is 6.10 Å². The van der Waals surface area contributed by atoms with Crippen LogP contribution in [0, 0.1) is 5.41 Å². The van der Waals surface area contributed by atoms with Gasteiger partial charge in [-0.15, -0.1) is 0 Å². The molecule has 0 bridgehead atoms. The van der Waals surface area contributed by atoms with Crippen molar-refractivity contribution in [2.75, 3.05) is 46.0 Å². The van der Waals surface area contributed by atoms with Crippen LogP contribution in [0.2, 0.25) is 0 Å². The lowest BCUT2D eigenvalue weighted by Crippen LogP contribution is -2.66. The van der Waals surface area contributed by atoms with Crippen LogP contribution in [-0.4, -0.2) is 105 Å². The lowest BCUT2D eigenvalue weighted by Gasteiger charge is -2.44. The Kier molecular flexibility index (Phi) is 8.28. The van der Waals surface area contributed by atoms with Crippen molar-refractivity contribution >= 4 is 0 Å². The average molecular weight is 550 g/mol. The third-order valence-corrected chi connectivity index (χ3v) is 5.95. The second-order valence-corrected chi connectivity index (χ2v) is 8.50. The molecule has 0 aliphatic carbocycles. The first-order chi connectivity index (χ1) is 15.6. The molecule has 2 fully saturated rings. The van der Waals surface area contributed by atoms with Gasteiger partial charge in [-0.05, 0) is 6.92 Å². The molecular weight excluding hydrogens is 530 g/mol. The molecule has 18 heteroatoms. The Bertz CT molecular complexity index is 721. The maximum atomic E-state index is 15.3. The molecule has 4 nitrogen and oxygen atoms in total. The smallest absolute Gasteiger partial charge is 0.378 e. The van der Waals surface area contributed by atoms with Gasteiger partial charge in [-0.25, -0.2) is 26.9 Å². The van der Waals surface area contributed by atoms with Crippen molar-refractivity contribution in [1.82, 2.24) is 9.80 Å². The van der Waals surface area contributed by atoms with Gasteiger partial charge in [-0.1, -0.05) is 0 Å². The number of nitrogens with zero attached hydrogens (tertiary/aromatic N) is 2. The molecule has 35 heavy (non-hydrogen) atoms. The summed E-state index contributed by atoms with van der Waals surface area (Å²) in [6.07, 6.45) is -28.6. The molecule has 208 valence electrons. The molecule has 0 aromatic carbocycles. The summed E-state index contributed by atoms with van der Waals surface area (Å²) in [7, 11) is 0. The van der Waals surface area contributed by atoms with E-state index in [4.69, 9.17) is 0 Å². The van der Waals surface area contributed by atoms with E-state index < -0.39 is 100 Å². The molecule has 2 aliphatic heterocycles. The molecule has 2 heterocycles. The molecule has 0 aromatic rings. The Morgan fingerprint density at radius 2 is 1.31 bits per heavy atom. The van der Waals surface area contributed by atoms with Gasteiger partial charge in [0, 0.05) is 26.2 Å². The van der Waals surface area contributed by atoms with Gasteiger partial charge in [-0.2, -0.15) is 39.5 Å². The van der Waals surface area contributed by atoms with E-state index in [1.807, 2.05) is 0 Å². The third kappa shape index (κ3) is 5.74. The zero-order chi connectivity index (χ0) is 27.3. The summed E-state index contributed by atoms with van der Waals surface area (Å²) in [6.45, 7) is -8.64. The minimum atomic E-state index is -6.13. The monoisotopic (exact) mass is 550 g/mol. The fourth-order valence-corrected chi connectivity index (χ4v) is 3.65. The average Bonchev–Trinajstić information content (AvgIpc) is 2.93. The van der Waals surface area contributed by atoms with Crippen LogP contribution < -0.4 is 0 Å². The summed E-state index contributed by atoms with van der Waals surface area (Å²) >= 11 is 0. The molecular formula is C17H20F14N2O2. The van der Waals surface area contributed by atoms with Crippen molar-refractivity contribution in [1.29, 1.82) is 0 Å². The van der Waals surface area contributed by atoms with Crippen molar-refractivity contribution < 1.29 is 70.9 Å². The highest BCUT2D eigenvalue weighted by Gasteiger charge is 2.71. The van der Waals surface area contributed by atoms with Crippen LogP contribution in [0.4, 0.5) is 61.5 Å². The summed E-state index contributed by atoms with van der Waals surface area (Å²) in [5, 5.41) is 0. The van der Waals surface area contributed by atoms with E-state index in [0.29, 0.717) is 6.92 Å². The molecule has 2 saturated heterocycles. The number of ether oxygens (including phenoxy) is 2. The van der Waals surface area contributed by atoms with Gasteiger partial charge < -0.3 is 9.47 Å². The van der Waals surface area contributed by atoms with Crippen LogP contribution in [-0.2, 0) is 9.47 Å². The van der Waals surface area contributed by atoms with Crippen LogP contribution in [0.3, 0.4) is 0 Å². The van der Waals surface area contributed by atoms with Gasteiger partial charge in [0.15, 0.2) is 6.30 Å². The summed E-state index contributed by atoms with van der Waals surface area (Å²) in [5.41, 5.74) is -8.29. The number of rotatable bonds is 5. The first-order valence-electron chi connectivity index (χ1n) is 9.82. The summed E-state index contributed by atoms with van der Waals surface area (Å²) in [5.74, 6) is -5.31. The minimum absolute atomic E-state index is 0.0963. The number of hydrogen-bond donors (Lipinski definition) is 0. The SMILES string of the molecule is CC1(C(F)(F)C(F)C(F)(F)F)COCC(C(F)(C(F)N2CCN(C(F)(F)F)CC2)C(F)(F)F)OC1. The first kappa shape index (κ1) is 30.1. The molecule has 0 spiro atoms. The highest BCUT2D eigenvalue weighted by molar-refractivity contribution is 5.04. The van der Waals surface area contributed by atoms with Crippen LogP contribution in [0.15, 0.2) is 0 Å². The van der Waals surface area contributed by atoms with Crippen molar-refractivity contribution in [3.8, 4) is 0 Å². The zero-order valence-corrected chi connectivity index (χ0v) is 17.7. The Morgan fingerprint density at radius 3 is 1.74 bits per heavy atom. The van der Waals surface area contributed by atoms with E-state index in [1.54, 1.807) is 0 Å². The molecule has 2 rings (SSSR count). The molecule has 0 aromatic heterocycles. The van der Waals surface area contributed by atoms with E-state index in [-0.39, 0.29) is 9.80 Å². The van der Waals surface area contributed by atoms with Crippen LogP contribution >= 0.6 is 0 Å². The summed E-state index contributed by atoms with van der Waals surface area (Å²) < 4.78 is 198. The summed E-state index contributed by atoms with van der Waals surface area (Å²) in [6, 6.07) is 0. The molecule has 5 unspecified atom stereocenters. The van der Waals surface area contributed by atoms with Crippen molar-refractivity contribution in [2.24, 2.45) is 5.41 Å². The highest BCUT2D eigenvalue weighted by Crippen LogP contribution is 2.50. The first-order valence-corrected chi connectivity index (χ1v) is 9.82. The Labute approximate surface area is 189 Å². The quantitative estimate of drug-likeness (QED) is 0.368. The molecule has 0 radical (unpaired) electrons. The van der Waals surface area contributed by atoms with Crippen molar-refractivity contribution in [3.63, 3.8) is 0 Å². The van der Waals surface area contributed by atoms with E-state index in [2.05, 4.69) is 9.47 Å². The normalized spacial score (nSPS) is 30.4. The number of hydrogen-bond acceptors (Lipinski definition) is 4. The van der Waals surface area contributed by atoms with Crippen LogP contribution in [0.5, 0.6) is 0 Å². The Morgan fingerprint density at radius 1 is 0.800 bits per heavy atom. The zero-order valence-electron chi connectivity index (χ0n) is 17.7. The number of halogens is 14. The second-order valence-electron chi connectivity index (χ2n) is 8.50. The fourth-order valence-electron chi connectivity index (χ4n) is 3.65.